The van der Waals surface area contributed by atoms with E-state index in [0.717, 1.165) is 22.9 Å². The second-order valence-corrected chi connectivity index (χ2v) is 9.95. The van der Waals surface area contributed by atoms with Gasteiger partial charge >= 0.3 is 5.97 Å². The van der Waals surface area contributed by atoms with Gasteiger partial charge in [0, 0.05) is 5.92 Å². The van der Waals surface area contributed by atoms with Gasteiger partial charge in [0.05, 0.1) is 54.3 Å². The molecule has 35 heavy (non-hydrogen) atoms. The molecule has 0 radical (unpaired) electrons. The van der Waals surface area contributed by atoms with Crippen LogP contribution in [0.4, 0.5) is 0 Å². The molecule has 1 aliphatic carbocycles. The third-order valence-electron chi connectivity index (χ3n) is 6.38. The topological polar surface area (TPSA) is 107 Å². The molecule has 0 aliphatic heterocycles. The maximum atomic E-state index is 12.9. The van der Waals surface area contributed by atoms with Crippen LogP contribution in [-0.2, 0) is 30.3 Å². The standard InChI is InChI=1S/C25H32O9S/c1-29-20-8-7-15(12-21(20)30-2)24-17(9-10-34-35(6,27)28)19(25(26)33-5)11-16-13-22(31-3)23(32-4)14-18(16)24/h7-8,12-14,17,19,24H,9-11H2,1-6H3/t17-,19+,24+/m0/s1. The number of ether oxygens (including phenoxy) is 5. The maximum Gasteiger partial charge on any atom is 0.309 e. The van der Waals surface area contributed by atoms with E-state index < -0.39 is 16.0 Å². The number of carbonyl (C=O) groups is 1. The number of hydrogen-bond donors (Lipinski definition) is 0. The van der Waals surface area contributed by atoms with E-state index in [4.69, 9.17) is 27.9 Å². The summed E-state index contributed by atoms with van der Waals surface area (Å²) in [6, 6.07) is 9.37. The van der Waals surface area contributed by atoms with E-state index in [-0.39, 0.29) is 24.4 Å². The Hall–Kier alpha value is -2.98. The largest absolute Gasteiger partial charge is 0.493 e. The van der Waals surface area contributed by atoms with Crippen LogP contribution in [0.3, 0.4) is 0 Å². The summed E-state index contributed by atoms with van der Waals surface area (Å²) in [6.07, 6.45) is 1.71. The summed E-state index contributed by atoms with van der Waals surface area (Å²) in [5, 5.41) is 0. The molecule has 0 unspecified atom stereocenters. The van der Waals surface area contributed by atoms with Crippen LogP contribution >= 0.6 is 0 Å². The van der Waals surface area contributed by atoms with Crippen LogP contribution in [-0.4, -0.2) is 62.8 Å². The number of carbonyl (C=O) groups excluding carboxylic acids is 1. The molecule has 9 nitrogen and oxygen atoms in total. The lowest BCUT2D eigenvalue weighted by molar-refractivity contribution is -0.148. The molecule has 0 amide bonds. The SMILES string of the molecule is COC(=O)[C@@H]1Cc2cc(OC)c(OC)cc2[C@H](c2ccc(OC)c(OC)c2)[C@H]1CCOS(C)(=O)=O. The van der Waals surface area contributed by atoms with Crippen LogP contribution in [0.2, 0.25) is 0 Å². The lowest BCUT2D eigenvalue weighted by Gasteiger charge is -2.39. The van der Waals surface area contributed by atoms with Gasteiger partial charge < -0.3 is 23.7 Å². The van der Waals surface area contributed by atoms with Crippen molar-refractivity contribution in [1.29, 1.82) is 0 Å². The summed E-state index contributed by atoms with van der Waals surface area (Å²) in [6.45, 7) is -0.0661. The number of benzene rings is 2. The van der Waals surface area contributed by atoms with Gasteiger partial charge in [0.15, 0.2) is 23.0 Å². The van der Waals surface area contributed by atoms with E-state index in [1.54, 1.807) is 34.5 Å². The summed E-state index contributed by atoms with van der Waals surface area (Å²) in [7, 11) is 3.94. The van der Waals surface area contributed by atoms with E-state index in [9.17, 15) is 13.2 Å². The monoisotopic (exact) mass is 508 g/mol. The molecular weight excluding hydrogens is 476 g/mol. The minimum atomic E-state index is -3.64. The molecule has 2 aromatic carbocycles. The Balaban J connectivity index is 2.21. The zero-order valence-electron chi connectivity index (χ0n) is 20.8. The second-order valence-electron chi connectivity index (χ2n) is 8.31. The van der Waals surface area contributed by atoms with Crippen LogP contribution in [0.25, 0.3) is 0 Å². The third kappa shape index (κ3) is 5.82. The fourth-order valence-electron chi connectivity index (χ4n) is 4.84. The first kappa shape index (κ1) is 26.6. The molecule has 3 atom stereocenters. The van der Waals surface area contributed by atoms with Gasteiger partial charge in [0.2, 0.25) is 0 Å². The van der Waals surface area contributed by atoms with Gasteiger partial charge in [-0.3, -0.25) is 8.98 Å². The highest BCUT2D eigenvalue weighted by atomic mass is 32.2. The van der Waals surface area contributed by atoms with Crippen molar-refractivity contribution in [2.24, 2.45) is 11.8 Å². The molecule has 0 aromatic heterocycles. The molecule has 0 bridgehead atoms. The highest BCUT2D eigenvalue weighted by molar-refractivity contribution is 7.85. The van der Waals surface area contributed by atoms with Crippen LogP contribution in [0.15, 0.2) is 30.3 Å². The van der Waals surface area contributed by atoms with Crippen molar-refractivity contribution in [1.82, 2.24) is 0 Å². The molecule has 2 aromatic rings. The average Bonchev–Trinajstić information content (AvgIpc) is 2.85. The summed E-state index contributed by atoms with van der Waals surface area (Å²) in [4.78, 5) is 12.9. The molecule has 192 valence electrons. The zero-order valence-corrected chi connectivity index (χ0v) is 21.6. The van der Waals surface area contributed by atoms with Crippen molar-refractivity contribution in [3.63, 3.8) is 0 Å². The number of methoxy groups -OCH3 is 5. The minimum Gasteiger partial charge on any atom is -0.493 e. The normalized spacial score (nSPS) is 19.4. The van der Waals surface area contributed by atoms with Crippen molar-refractivity contribution in [3.8, 4) is 23.0 Å². The molecule has 10 heteroatoms. The van der Waals surface area contributed by atoms with Crippen molar-refractivity contribution >= 4 is 16.1 Å². The molecule has 0 fully saturated rings. The first-order chi connectivity index (χ1) is 16.7. The fraction of sp³-hybridized carbons (Fsp3) is 0.480. The molecule has 0 saturated carbocycles. The molecule has 0 N–H and O–H groups in total. The smallest absolute Gasteiger partial charge is 0.309 e. The average molecular weight is 509 g/mol. The lowest BCUT2D eigenvalue weighted by atomic mass is 9.65. The predicted molar refractivity (Wildman–Crippen MR) is 129 cm³/mol. The molecule has 0 spiro atoms. The van der Waals surface area contributed by atoms with E-state index in [2.05, 4.69) is 0 Å². The Morgan fingerprint density at radius 2 is 1.49 bits per heavy atom. The van der Waals surface area contributed by atoms with E-state index in [1.807, 2.05) is 24.3 Å². The highest BCUT2D eigenvalue weighted by Gasteiger charge is 2.42. The Labute approximate surface area is 206 Å². The van der Waals surface area contributed by atoms with E-state index in [1.165, 1.54) is 7.11 Å². The van der Waals surface area contributed by atoms with Crippen molar-refractivity contribution < 1.29 is 41.1 Å². The Kier molecular flexibility index (Phi) is 8.50. The Morgan fingerprint density at radius 1 is 0.886 bits per heavy atom. The van der Waals surface area contributed by atoms with Gasteiger partial charge in [-0.15, -0.1) is 0 Å². The minimum absolute atomic E-state index is 0.0661. The number of fused-ring (bicyclic) bond motifs is 1. The zero-order chi connectivity index (χ0) is 25.8. The summed E-state index contributed by atoms with van der Waals surface area (Å²) >= 11 is 0. The molecule has 0 saturated heterocycles. The summed E-state index contributed by atoms with van der Waals surface area (Å²) in [5.41, 5.74) is 2.73. The first-order valence-electron chi connectivity index (χ1n) is 11.1. The number of hydrogen-bond acceptors (Lipinski definition) is 9. The van der Waals surface area contributed by atoms with E-state index in [0.29, 0.717) is 35.8 Å². The fourth-order valence-corrected chi connectivity index (χ4v) is 5.24. The van der Waals surface area contributed by atoms with Crippen LogP contribution in [0.5, 0.6) is 23.0 Å². The molecule has 3 rings (SSSR count). The van der Waals surface area contributed by atoms with Crippen LogP contribution < -0.4 is 18.9 Å². The lowest BCUT2D eigenvalue weighted by Crippen LogP contribution is -2.37. The van der Waals surface area contributed by atoms with Crippen LogP contribution in [0.1, 0.15) is 29.0 Å². The maximum absolute atomic E-state index is 12.9. The van der Waals surface area contributed by atoms with Gasteiger partial charge in [-0.05, 0) is 59.7 Å². The van der Waals surface area contributed by atoms with Gasteiger partial charge in [-0.2, -0.15) is 8.42 Å². The Morgan fingerprint density at radius 3 is 2.06 bits per heavy atom. The first-order valence-corrected chi connectivity index (χ1v) is 12.9. The third-order valence-corrected chi connectivity index (χ3v) is 6.98. The summed E-state index contributed by atoms with van der Waals surface area (Å²) < 4.78 is 55.4. The highest BCUT2D eigenvalue weighted by Crippen LogP contribution is 2.49. The Bertz CT molecular complexity index is 1160. The number of rotatable bonds is 10. The van der Waals surface area contributed by atoms with Gasteiger partial charge in [-0.1, -0.05) is 6.07 Å². The van der Waals surface area contributed by atoms with Crippen LogP contribution in [0, 0.1) is 11.8 Å². The van der Waals surface area contributed by atoms with Crippen molar-refractivity contribution in [2.45, 2.75) is 18.8 Å². The molecule has 1 aliphatic rings. The van der Waals surface area contributed by atoms with Gasteiger partial charge in [0.25, 0.3) is 10.1 Å². The number of esters is 1. The molecule has 0 heterocycles. The van der Waals surface area contributed by atoms with Gasteiger partial charge in [0.1, 0.15) is 0 Å². The quantitative estimate of drug-likeness (QED) is 0.353. The van der Waals surface area contributed by atoms with Gasteiger partial charge in [-0.25, -0.2) is 0 Å². The second kappa shape index (κ2) is 11.2. The predicted octanol–water partition coefficient (Wildman–Crippen LogP) is 3.18. The van der Waals surface area contributed by atoms with Crippen molar-refractivity contribution in [3.05, 3.63) is 47.0 Å². The summed E-state index contributed by atoms with van der Waals surface area (Å²) in [5.74, 6) is 0.671. The van der Waals surface area contributed by atoms with E-state index >= 15 is 0 Å². The molecular formula is C25H32O9S. The van der Waals surface area contributed by atoms with Crippen molar-refractivity contribution in [2.75, 3.05) is 48.4 Å².